The lowest BCUT2D eigenvalue weighted by Crippen LogP contribution is -2.45. The van der Waals surface area contributed by atoms with Crippen LogP contribution < -0.4 is 4.90 Å². The summed E-state index contributed by atoms with van der Waals surface area (Å²) in [6, 6.07) is 1.87. The number of fused-ring (bicyclic) bond motifs is 1. The Bertz CT molecular complexity index is 640. The van der Waals surface area contributed by atoms with E-state index >= 15 is 0 Å². The number of piperidine rings is 1. The summed E-state index contributed by atoms with van der Waals surface area (Å²) in [5.41, 5.74) is 0. The fourth-order valence-corrected chi connectivity index (χ4v) is 3.60. The second kappa shape index (κ2) is 5.36. The monoisotopic (exact) mass is 291 g/mol. The molecule has 0 bridgehead atoms. The smallest absolute Gasteiger partial charge is 0.328 e. The van der Waals surface area contributed by atoms with Gasteiger partial charge in [0.05, 0.1) is 12.5 Å². The molecule has 20 heavy (non-hydrogen) atoms. The van der Waals surface area contributed by atoms with E-state index in [2.05, 4.69) is 27.9 Å². The molecule has 1 aliphatic heterocycles. The van der Waals surface area contributed by atoms with Crippen molar-refractivity contribution in [2.45, 2.75) is 32.2 Å². The molecular formula is C14H17N3O2S. The Morgan fingerprint density at radius 1 is 1.45 bits per heavy atom. The number of aromatic nitrogens is 2. The van der Waals surface area contributed by atoms with Crippen molar-refractivity contribution in [3.63, 3.8) is 0 Å². The van der Waals surface area contributed by atoms with Crippen molar-refractivity contribution in [2.24, 2.45) is 0 Å². The lowest BCUT2D eigenvalue weighted by Gasteiger charge is -2.34. The first kappa shape index (κ1) is 13.3. The molecule has 6 heteroatoms. The number of hydrogen-bond donors (Lipinski definition) is 0. The van der Waals surface area contributed by atoms with Crippen LogP contribution in [0.15, 0.2) is 12.4 Å². The van der Waals surface area contributed by atoms with E-state index in [9.17, 15) is 4.79 Å². The number of hydrogen-bond acceptors (Lipinski definition) is 6. The second-order valence-electron chi connectivity index (χ2n) is 5.00. The number of carbonyl (C=O) groups is 1. The van der Waals surface area contributed by atoms with Gasteiger partial charge in [-0.05, 0) is 32.3 Å². The normalized spacial score (nSPS) is 19.3. The van der Waals surface area contributed by atoms with E-state index in [0.29, 0.717) is 0 Å². The first-order valence-electron chi connectivity index (χ1n) is 6.76. The third-order valence-corrected chi connectivity index (χ3v) is 4.64. The van der Waals surface area contributed by atoms with Crippen LogP contribution in [0.1, 0.15) is 24.1 Å². The number of carbonyl (C=O) groups excluding carboxylic acids is 1. The Balaban J connectivity index is 2.05. The van der Waals surface area contributed by atoms with Gasteiger partial charge in [-0.25, -0.2) is 14.8 Å². The maximum absolute atomic E-state index is 12.0. The van der Waals surface area contributed by atoms with Gasteiger partial charge in [-0.1, -0.05) is 0 Å². The lowest BCUT2D eigenvalue weighted by molar-refractivity contribution is -0.142. The number of anilines is 1. The highest BCUT2D eigenvalue weighted by molar-refractivity contribution is 7.18. The predicted octanol–water partition coefficient (Wildman–Crippen LogP) is 2.53. The molecular weight excluding hydrogens is 274 g/mol. The summed E-state index contributed by atoms with van der Waals surface area (Å²) >= 11 is 1.65. The van der Waals surface area contributed by atoms with Crippen molar-refractivity contribution in [1.29, 1.82) is 0 Å². The summed E-state index contributed by atoms with van der Waals surface area (Å²) in [5.74, 6) is 0.679. The van der Waals surface area contributed by atoms with Gasteiger partial charge < -0.3 is 9.64 Å². The Kier molecular flexibility index (Phi) is 3.56. The van der Waals surface area contributed by atoms with E-state index in [1.807, 2.05) is 0 Å². The van der Waals surface area contributed by atoms with Crippen LogP contribution in [0.3, 0.4) is 0 Å². The Morgan fingerprint density at radius 2 is 2.30 bits per heavy atom. The molecule has 3 rings (SSSR count). The first-order chi connectivity index (χ1) is 9.70. The summed E-state index contributed by atoms with van der Waals surface area (Å²) in [7, 11) is 1.44. The minimum Gasteiger partial charge on any atom is -0.467 e. The topological polar surface area (TPSA) is 55.3 Å². The van der Waals surface area contributed by atoms with Crippen molar-refractivity contribution in [3.05, 3.63) is 17.3 Å². The largest absolute Gasteiger partial charge is 0.467 e. The van der Waals surface area contributed by atoms with Crippen LogP contribution in [-0.2, 0) is 9.53 Å². The van der Waals surface area contributed by atoms with Crippen LogP contribution in [0.25, 0.3) is 10.2 Å². The van der Waals surface area contributed by atoms with Gasteiger partial charge in [0.25, 0.3) is 0 Å². The number of nitrogens with zero attached hydrogens (tertiary/aromatic N) is 3. The van der Waals surface area contributed by atoms with Gasteiger partial charge in [0, 0.05) is 11.4 Å². The average Bonchev–Trinajstić information content (AvgIpc) is 2.86. The standard InChI is InChI=1S/C14H17N3O2S/c1-9-7-10-12(15-8-16-13(10)20-9)17-6-4-3-5-11(17)14(18)19-2/h7-8,11H,3-6H2,1-2H3. The molecule has 106 valence electrons. The van der Waals surface area contributed by atoms with Gasteiger partial charge in [0.2, 0.25) is 0 Å². The van der Waals surface area contributed by atoms with Crippen molar-refractivity contribution in [1.82, 2.24) is 9.97 Å². The van der Waals surface area contributed by atoms with Crippen LogP contribution in [-0.4, -0.2) is 35.6 Å². The van der Waals surface area contributed by atoms with Crippen molar-refractivity contribution in [2.75, 3.05) is 18.6 Å². The van der Waals surface area contributed by atoms with E-state index in [0.717, 1.165) is 41.8 Å². The molecule has 2 aromatic rings. The zero-order valence-corrected chi connectivity index (χ0v) is 12.4. The van der Waals surface area contributed by atoms with Gasteiger partial charge in [0.1, 0.15) is 23.0 Å². The second-order valence-corrected chi connectivity index (χ2v) is 6.24. The predicted molar refractivity (Wildman–Crippen MR) is 79.2 cm³/mol. The van der Waals surface area contributed by atoms with Gasteiger partial charge >= 0.3 is 5.97 Å². The van der Waals surface area contributed by atoms with E-state index in [4.69, 9.17) is 4.74 Å². The fourth-order valence-electron chi connectivity index (χ4n) is 2.76. The fraction of sp³-hybridized carbons (Fsp3) is 0.500. The van der Waals surface area contributed by atoms with Crippen LogP contribution in [0.5, 0.6) is 0 Å². The summed E-state index contributed by atoms with van der Waals surface area (Å²) in [4.78, 5) is 25.0. The van der Waals surface area contributed by atoms with E-state index in [1.54, 1.807) is 17.7 Å². The van der Waals surface area contributed by atoms with Crippen LogP contribution in [0.2, 0.25) is 0 Å². The highest BCUT2D eigenvalue weighted by Gasteiger charge is 2.31. The van der Waals surface area contributed by atoms with Crippen molar-refractivity contribution >= 4 is 33.3 Å². The summed E-state index contributed by atoms with van der Waals surface area (Å²) < 4.78 is 4.94. The Hall–Kier alpha value is -1.69. The zero-order valence-electron chi connectivity index (χ0n) is 11.6. The lowest BCUT2D eigenvalue weighted by atomic mass is 10.0. The summed E-state index contributed by atoms with van der Waals surface area (Å²) in [6.07, 6.45) is 4.52. The molecule has 1 fully saturated rings. The van der Waals surface area contributed by atoms with E-state index < -0.39 is 0 Å². The van der Waals surface area contributed by atoms with Gasteiger partial charge in [-0.3, -0.25) is 0 Å². The Morgan fingerprint density at radius 3 is 3.10 bits per heavy atom. The molecule has 0 amide bonds. The third-order valence-electron chi connectivity index (χ3n) is 3.68. The number of thiophene rings is 1. The molecule has 0 N–H and O–H groups in total. The molecule has 1 atom stereocenters. The highest BCUT2D eigenvalue weighted by atomic mass is 32.1. The van der Waals surface area contributed by atoms with Crippen molar-refractivity contribution in [3.8, 4) is 0 Å². The highest BCUT2D eigenvalue weighted by Crippen LogP contribution is 2.33. The molecule has 0 saturated carbocycles. The Labute approximate surface area is 121 Å². The maximum atomic E-state index is 12.0. The van der Waals surface area contributed by atoms with Crippen LogP contribution in [0, 0.1) is 6.92 Å². The molecule has 1 unspecified atom stereocenters. The molecule has 1 aliphatic rings. The first-order valence-corrected chi connectivity index (χ1v) is 7.58. The molecule has 0 aromatic carbocycles. The van der Waals surface area contributed by atoms with E-state index in [1.165, 1.54) is 12.0 Å². The van der Waals surface area contributed by atoms with Crippen molar-refractivity contribution < 1.29 is 9.53 Å². The molecule has 3 heterocycles. The van der Waals surface area contributed by atoms with E-state index in [-0.39, 0.29) is 12.0 Å². The van der Waals surface area contributed by atoms with Crippen LogP contribution in [0.4, 0.5) is 5.82 Å². The molecule has 0 spiro atoms. The zero-order chi connectivity index (χ0) is 14.1. The van der Waals surface area contributed by atoms with Gasteiger partial charge in [-0.2, -0.15) is 0 Å². The quantitative estimate of drug-likeness (QED) is 0.796. The van der Waals surface area contributed by atoms with Gasteiger partial charge in [0.15, 0.2) is 0 Å². The molecule has 5 nitrogen and oxygen atoms in total. The minimum absolute atomic E-state index is 0.177. The maximum Gasteiger partial charge on any atom is 0.328 e. The molecule has 0 aliphatic carbocycles. The van der Waals surface area contributed by atoms with Gasteiger partial charge in [-0.15, -0.1) is 11.3 Å². The average molecular weight is 291 g/mol. The summed E-state index contributed by atoms with van der Waals surface area (Å²) in [5, 5.41) is 1.03. The number of esters is 1. The minimum atomic E-state index is -0.230. The molecule has 0 radical (unpaired) electrons. The number of methoxy groups -OCH3 is 1. The van der Waals surface area contributed by atoms with Crippen LogP contribution >= 0.6 is 11.3 Å². The summed E-state index contributed by atoms with van der Waals surface area (Å²) in [6.45, 7) is 2.89. The third kappa shape index (κ3) is 2.24. The molecule has 1 saturated heterocycles. The number of rotatable bonds is 2. The number of aryl methyl sites for hydroxylation is 1. The molecule has 2 aromatic heterocycles. The SMILES string of the molecule is COC(=O)C1CCCCN1c1ncnc2sc(C)cc12. The number of ether oxygens (including phenoxy) is 1.